The first-order valence-electron chi connectivity index (χ1n) is 5.99. The molecule has 0 bridgehead atoms. The number of hydrogen-bond acceptors (Lipinski definition) is 3. The van der Waals surface area contributed by atoms with Gasteiger partial charge in [-0.2, -0.15) is 0 Å². The Kier molecular flexibility index (Phi) is 108. The minimum Gasteiger partial charge on any atom is -0.854 e. The van der Waals surface area contributed by atoms with Crippen molar-refractivity contribution in [1.29, 1.82) is 0 Å². The summed E-state index contributed by atoms with van der Waals surface area (Å²) in [5.74, 6) is 0. The Morgan fingerprint density at radius 1 is 0.500 bits per heavy atom. The fourth-order valence-electron chi connectivity index (χ4n) is 0.433. The summed E-state index contributed by atoms with van der Waals surface area (Å²) in [5, 5.41) is 28.6. The van der Waals surface area contributed by atoms with E-state index < -0.39 is 0 Å². The number of hydrogen-bond donors (Lipinski definition) is 0. The maximum atomic E-state index is 9.53. The largest absolute Gasteiger partial charge is 1.00 e. The first-order chi connectivity index (χ1) is 7.24. The molecule has 0 saturated carbocycles. The molecule has 3 nitrogen and oxygen atoms in total. The third-order valence-electron chi connectivity index (χ3n) is 1.49. The standard InChI is InChI=1S/3C4H9O.3Cs/c3*1-2-3-4-5;;;/h3*2-4H2,1H3;;;/q3*-1;3*+1. The van der Waals surface area contributed by atoms with Crippen LogP contribution in [0.3, 0.4) is 0 Å². The van der Waals surface area contributed by atoms with Gasteiger partial charge in [-0.05, 0) is 0 Å². The molecule has 96 valence electrons. The van der Waals surface area contributed by atoms with E-state index in [4.69, 9.17) is 0 Å². The summed E-state index contributed by atoms with van der Waals surface area (Å²) in [6, 6.07) is 0. The van der Waals surface area contributed by atoms with Crippen LogP contribution in [0.5, 0.6) is 0 Å². The molecule has 0 unspecified atom stereocenters. The topological polar surface area (TPSA) is 69.2 Å². The molecule has 0 saturated heterocycles. The van der Waals surface area contributed by atoms with Gasteiger partial charge in [0.05, 0.1) is 0 Å². The van der Waals surface area contributed by atoms with Gasteiger partial charge in [0.1, 0.15) is 0 Å². The molecule has 6 heteroatoms. The maximum absolute atomic E-state index is 9.53. The van der Waals surface area contributed by atoms with Crippen LogP contribution in [0.4, 0.5) is 0 Å². The third-order valence-corrected chi connectivity index (χ3v) is 1.49. The average molecular weight is 618 g/mol. The normalized spacial score (nSPS) is 7.00. The zero-order valence-electron chi connectivity index (χ0n) is 13.6. The molecule has 0 radical (unpaired) electrons. The van der Waals surface area contributed by atoms with Crippen LogP contribution in [-0.4, -0.2) is 19.8 Å². The summed E-state index contributed by atoms with van der Waals surface area (Å²) in [6.45, 7) is 6.32. The van der Waals surface area contributed by atoms with E-state index in [9.17, 15) is 15.3 Å². The van der Waals surface area contributed by atoms with E-state index in [-0.39, 0.29) is 227 Å². The van der Waals surface area contributed by atoms with Crippen molar-refractivity contribution in [2.24, 2.45) is 0 Å². The van der Waals surface area contributed by atoms with E-state index >= 15 is 0 Å². The van der Waals surface area contributed by atoms with Crippen molar-refractivity contribution in [2.75, 3.05) is 19.8 Å². The van der Waals surface area contributed by atoms with Crippen LogP contribution in [0.1, 0.15) is 59.3 Å². The smallest absolute Gasteiger partial charge is 0.854 e. The Balaban J connectivity index is -0.0000000277. The molecule has 18 heavy (non-hydrogen) atoms. The maximum Gasteiger partial charge on any atom is 1.00 e. The average Bonchev–Trinajstić information content (AvgIpc) is 2.23. The van der Waals surface area contributed by atoms with Crippen molar-refractivity contribution >= 4 is 0 Å². The second-order valence-corrected chi connectivity index (χ2v) is 3.17. The van der Waals surface area contributed by atoms with Gasteiger partial charge in [0.25, 0.3) is 0 Å². The number of rotatable bonds is 6. The third kappa shape index (κ3) is 67.3. The molecule has 0 aliphatic heterocycles. The molecular formula is C12H27Cs3O3. The second-order valence-electron chi connectivity index (χ2n) is 3.17. The van der Waals surface area contributed by atoms with Crippen molar-refractivity contribution in [3.8, 4) is 0 Å². The van der Waals surface area contributed by atoms with Crippen molar-refractivity contribution in [1.82, 2.24) is 0 Å². The summed E-state index contributed by atoms with van der Waals surface area (Å²) in [6.07, 6.45) is 5.59. The van der Waals surface area contributed by atoms with E-state index in [1.807, 2.05) is 20.8 Å². The first kappa shape index (κ1) is 39.2. The molecule has 0 aliphatic rings. The predicted molar refractivity (Wildman–Crippen MR) is 59.3 cm³/mol. The van der Waals surface area contributed by atoms with E-state index in [2.05, 4.69) is 0 Å². The van der Waals surface area contributed by atoms with Crippen molar-refractivity contribution in [3.63, 3.8) is 0 Å². The van der Waals surface area contributed by atoms with Crippen molar-refractivity contribution in [2.45, 2.75) is 59.3 Å². The fraction of sp³-hybridized carbons (Fsp3) is 1.00. The van der Waals surface area contributed by atoms with Gasteiger partial charge >= 0.3 is 207 Å². The van der Waals surface area contributed by atoms with Gasteiger partial charge in [0.15, 0.2) is 0 Å². The molecule has 0 aliphatic carbocycles. The molecule has 0 heterocycles. The molecule has 0 aromatic rings. The summed E-state index contributed by atoms with van der Waals surface area (Å²) in [4.78, 5) is 0. The van der Waals surface area contributed by atoms with Crippen LogP contribution in [0.25, 0.3) is 0 Å². The first-order valence-corrected chi connectivity index (χ1v) is 5.99. The molecule has 0 aromatic carbocycles. The van der Waals surface area contributed by atoms with Gasteiger partial charge in [-0.1, -0.05) is 59.3 Å². The Morgan fingerprint density at radius 2 is 0.667 bits per heavy atom. The van der Waals surface area contributed by atoms with Crippen LogP contribution in [-0.2, 0) is 0 Å². The number of unbranched alkanes of at least 4 members (excludes halogenated alkanes) is 3. The van der Waals surface area contributed by atoms with Gasteiger partial charge < -0.3 is 15.3 Å². The molecule has 0 rings (SSSR count). The van der Waals surface area contributed by atoms with Crippen LogP contribution in [0, 0.1) is 0 Å². The minimum absolute atomic E-state index is 0. The van der Waals surface area contributed by atoms with Crippen molar-refractivity contribution in [3.05, 3.63) is 0 Å². The van der Waals surface area contributed by atoms with Gasteiger partial charge in [0, 0.05) is 0 Å². The van der Waals surface area contributed by atoms with Crippen LogP contribution < -0.4 is 222 Å². The molecule has 0 amide bonds. The van der Waals surface area contributed by atoms with E-state index in [1.54, 1.807) is 0 Å². The van der Waals surface area contributed by atoms with E-state index in [1.165, 1.54) is 0 Å². The fourth-order valence-corrected chi connectivity index (χ4v) is 0.433. The Labute approximate surface area is 291 Å². The zero-order chi connectivity index (χ0) is 12.4. The summed E-state index contributed by atoms with van der Waals surface area (Å²) in [7, 11) is 0. The molecule has 0 aromatic heterocycles. The molecule has 0 atom stereocenters. The zero-order valence-corrected chi connectivity index (χ0v) is 32.4. The molecule has 0 N–H and O–H groups in total. The van der Waals surface area contributed by atoms with Gasteiger partial charge in [-0.15, -0.1) is 19.8 Å². The molecular weight excluding hydrogens is 591 g/mol. The monoisotopic (exact) mass is 618 g/mol. The predicted octanol–water partition coefficient (Wildman–Crippen LogP) is -8.55. The summed E-state index contributed by atoms with van der Waals surface area (Å²) in [5.41, 5.74) is 0. The SMILES string of the molecule is CCCC[O-].CCCC[O-].CCCC[O-].[Cs+].[Cs+].[Cs+]. The van der Waals surface area contributed by atoms with Gasteiger partial charge in [-0.25, -0.2) is 0 Å². The minimum atomic E-state index is 0. The van der Waals surface area contributed by atoms with Gasteiger partial charge in [0.2, 0.25) is 0 Å². The molecule has 0 spiro atoms. The summed E-state index contributed by atoms with van der Waals surface area (Å²) < 4.78 is 0. The van der Waals surface area contributed by atoms with E-state index in [0.29, 0.717) is 0 Å². The van der Waals surface area contributed by atoms with Crippen LogP contribution in [0.15, 0.2) is 0 Å². The Morgan fingerprint density at radius 3 is 0.667 bits per heavy atom. The van der Waals surface area contributed by atoms with Gasteiger partial charge in [-0.3, -0.25) is 0 Å². The summed E-state index contributed by atoms with van der Waals surface area (Å²) >= 11 is 0. The van der Waals surface area contributed by atoms with Crippen molar-refractivity contribution < 1.29 is 222 Å². The Hall–Kier alpha value is 6.04. The quantitative estimate of drug-likeness (QED) is 0.298. The molecule has 0 fully saturated rings. The van der Waals surface area contributed by atoms with Crippen LogP contribution in [0.2, 0.25) is 0 Å². The second kappa shape index (κ2) is 49.5. The van der Waals surface area contributed by atoms with E-state index in [0.717, 1.165) is 38.5 Å². The Bertz CT molecular complexity index is 59.3. The van der Waals surface area contributed by atoms with Crippen LogP contribution >= 0.6 is 0 Å².